The molecule has 0 saturated carbocycles. The maximum Gasteiger partial charge on any atom is 0.397 e. The van der Waals surface area contributed by atoms with E-state index in [-0.39, 0.29) is 6.04 Å². The van der Waals surface area contributed by atoms with Gasteiger partial charge in [0.1, 0.15) is 6.42 Å². The van der Waals surface area contributed by atoms with Gasteiger partial charge in [-0.3, -0.25) is 4.79 Å². The molecule has 0 aliphatic carbocycles. The molecule has 1 atom stereocenters. The molecule has 1 aliphatic rings. The SMILES string of the molecule is CCCNC1CCN(C(=O)CC(F)(F)F)c2ccccc21. The normalized spacial score (nSPS) is 18.5. The van der Waals surface area contributed by atoms with Crippen LogP contribution < -0.4 is 10.2 Å². The third-order valence-corrected chi connectivity index (χ3v) is 3.54. The highest BCUT2D eigenvalue weighted by Crippen LogP contribution is 2.35. The van der Waals surface area contributed by atoms with Crippen molar-refractivity contribution in [2.24, 2.45) is 0 Å². The molecular weight excluding hydrogens is 281 g/mol. The lowest BCUT2D eigenvalue weighted by atomic mass is 9.96. The maximum atomic E-state index is 12.4. The van der Waals surface area contributed by atoms with Gasteiger partial charge >= 0.3 is 6.18 Å². The lowest BCUT2D eigenvalue weighted by molar-refractivity contribution is -0.151. The molecule has 1 aliphatic heterocycles. The number of alkyl halides is 3. The van der Waals surface area contributed by atoms with Gasteiger partial charge in [-0.05, 0) is 31.0 Å². The number of anilines is 1. The Morgan fingerprint density at radius 1 is 1.38 bits per heavy atom. The first kappa shape index (κ1) is 15.8. The first-order valence-corrected chi connectivity index (χ1v) is 7.12. The topological polar surface area (TPSA) is 32.3 Å². The molecule has 0 fully saturated rings. The Morgan fingerprint density at radius 2 is 2.10 bits per heavy atom. The van der Waals surface area contributed by atoms with E-state index < -0.39 is 18.5 Å². The number of carbonyl (C=O) groups excluding carboxylic acids is 1. The van der Waals surface area contributed by atoms with E-state index in [0.29, 0.717) is 18.7 Å². The molecule has 2 rings (SSSR count). The second-order valence-corrected chi connectivity index (χ2v) is 5.19. The summed E-state index contributed by atoms with van der Waals surface area (Å²) in [5, 5.41) is 3.38. The first-order valence-electron chi connectivity index (χ1n) is 7.12. The molecule has 0 spiro atoms. The smallest absolute Gasteiger partial charge is 0.312 e. The zero-order valence-electron chi connectivity index (χ0n) is 11.9. The average molecular weight is 300 g/mol. The fourth-order valence-electron chi connectivity index (χ4n) is 2.62. The molecule has 1 aromatic rings. The van der Waals surface area contributed by atoms with Gasteiger partial charge in [0.05, 0.1) is 0 Å². The predicted octanol–water partition coefficient (Wildman–Crippen LogP) is 3.42. The molecule has 1 aromatic carbocycles. The standard InChI is InChI=1S/C15H19F3N2O/c1-2-8-19-12-7-9-20(14(21)10-15(16,17)18)13-6-4-3-5-11(12)13/h3-6,12,19H,2,7-10H2,1H3. The minimum atomic E-state index is -4.47. The van der Waals surface area contributed by atoms with Crippen LogP contribution in [0.5, 0.6) is 0 Å². The summed E-state index contributed by atoms with van der Waals surface area (Å²) in [4.78, 5) is 13.1. The van der Waals surface area contributed by atoms with E-state index in [0.717, 1.165) is 18.5 Å². The molecule has 1 unspecified atom stereocenters. The number of nitrogens with zero attached hydrogens (tertiary/aromatic N) is 1. The van der Waals surface area contributed by atoms with Crippen molar-refractivity contribution in [2.75, 3.05) is 18.0 Å². The van der Waals surface area contributed by atoms with Crippen LogP contribution in [-0.2, 0) is 4.79 Å². The fourth-order valence-corrected chi connectivity index (χ4v) is 2.62. The van der Waals surface area contributed by atoms with Crippen LogP contribution >= 0.6 is 0 Å². The van der Waals surface area contributed by atoms with E-state index in [1.54, 1.807) is 12.1 Å². The molecular formula is C15H19F3N2O. The number of para-hydroxylation sites is 1. The summed E-state index contributed by atoms with van der Waals surface area (Å²) in [6.07, 6.45) is -4.27. The number of benzene rings is 1. The Morgan fingerprint density at radius 3 is 2.76 bits per heavy atom. The van der Waals surface area contributed by atoms with Crippen LogP contribution in [-0.4, -0.2) is 25.2 Å². The van der Waals surface area contributed by atoms with E-state index in [9.17, 15) is 18.0 Å². The second-order valence-electron chi connectivity index (χ2n) is 5.19. The molecule has 1 amide bonds. The lowest BCUT2D eigenvalue weighted by Crippen LogP contribution is -2.41. The zero-order chi connectivity index (χ0) is 15.5. The van der Waals surface area contributed by atoms with Crippen molar-refractivity contribution in [1.82, 2.24) is 5.32 Å². The fraction of sp³-hybridized carbons (Fsp3) is 0.533. The Kier molecular flexibility index (Phi) is 4.88. The van der Waals surface area contributed by atoms with Gasteiger partial charge in [-0.25, -0.2) is 0 Å². The molecule has 6 heteroatoms. The minimum Gasteiger partial charge on any atom is -0.312 e. The highest BCUT2D eigenvalue weighted by molar-refractivity contribution is 5.95. The summed E-state index contributed by atoms with van der Waals surface area (Å²) in [7, 11) is 0. The molecule has 0 bridgehead atoms. The van der Waals surface area contributed by atoms with Crippen LogP contribution in [0.4, 0.5) is 18.9 Å². The highest BCUT2D eigenvalue weighted by Gasteiger charge is 2.36. The van der Waals surface area contributed by atoms with Gasteiger partial charge < -0.3 is 10.2 Å². The van der Waals surface area contributed by atoms with E-state index in [1.807, 2.05) is 12.1 Å². The quantitative estimate of drug-likeness (QED) is 0.924. The van der Waals surface area contributed by atoms with Crippen molar-refractivity contribution in [3.63, 3.8) is 0 Å². The highest BCUT2D eigenvalue weighted by atomic mass is 19.4. The third kappa shape index (κ3) is 3.97. The molecule has 1 N–H and O–H groups in total. The van der Waals surface area contributed by atoms with E-state index in [4.69, 9.17) is 0 Å². The van der Waals surface area contributed by atoms with Crippen molar-refractivity contribution in [3.8, 4) is 0 Å². The molecule has 1 heterocycles. The van der Waals surface area contributed by atoms with Crippen molar-refractivity contribution < 1.29 is 18.0 Å². The monoisotopic (exact) mass is 300 g/mol. The van der Waals surface area contributed by atoms with E-state index in [2.05, 4.69) is 12.2 Å². The molecule has 21 heavy (non-hydrogen) atoms. The lowest BCUT2D eigenvalue weighted by Gasteiger charge is -2.35. The Balaban J connectivity index is 2.21. The summed E-state index contributed by atoms with van der Waals surface area (Å²) in [5.74, 6) is -0.885. The van der Waals surface area contributed by atoms with Crippen LogP contribution in [0, 0.1) is 0 Å². The van der Waals surface area contributed by atoms with Crippen molar-refractivity contribution in [2.45, 2.75) is 38.4 Å². The van der Waals surface area contributed by atoms with Crippen LogP contribution in [0.2, 0.25) is 0 Å². The molecule has 0 saturated heterocycles. The van der Waals surface area contributed by atoms with Gasteiger partial charge in [0, 0.05) is 18.3 Å². The van der Waals surface area contributed by atoms with E-state index in [1.165, 1.54) is 4.90 Å². The molecule has 0 aromatic heterocycles. The number of fused-ring (bicyclic) bond motifs is 1. The Labute approximate surface area is 122 Å². The number of rotatable bonds is 4. The van der Waals surface area contributed by atoms with Crippen LogP contribution in [0.1, 0.15) is 37.8 Å². The maximum absolute atomic E-state index is 12.4. The Hall–Kier alpha value is -1.56. The summed E-state index contributed by atoms with van der Waals surface area (Å²) < 4.78 is 37.3. The average Bonchev–Trinajstić information content (AvgIpc) is 2.42. The largest absolute Gasteiger partial charge is 0.397 e. The van der Waals surface area contributed by atoms with Crippen molar-refractivity contribution >= 4 is 11.6 Å². The molecule has 0 radical (unpaired) electrons. The van der Waals surface area contributed by atoms with Gasteiger partial charge in [-0.15, -0.1) is 0 Å². The van der Waals surface area contributed by atoms with Crippen LogP contribution in [0.15, 0.2) is 24.3 Å². The van der Waals surface area contributed by atoms with Crippen LogP contribution in [0.3, 0.4) is 0 Å². The number of halogens is 3. The van der Waals surface area contributed by atoms with Gasteiger partial charge in [-0.2, -0.15) is 13.2 Å². The number of carbonyl (C=O) groups is 1. The van der Waals surface area contributed by atoms with Gasteiger partial charge in [-0.1, -0.05) is 25.1 Å². The van der Waals surface area contributed by atoms with Gasteiger partial charge in [0.25, 0.3) is 0 Å². The number of hydrogen-bond donors (Lipinski definition) is 1. The second kappa shape index (κ2) is 6.47. The number of amides is 1. The molecule has 3 nitrogen and oxygen atoms in total. The summed E-state index contributed by atoms with van der Waals surface area (Å²) in [5.41, 5.74) is 1.49. The summed E-state index contributed by atoms with van der Waals surface area (Å²) in [6, 6.07) is 7.27. The van der Waals surface area contributed by atoms with Crippen molar-refractivity contribution in [3.05, 3.63) is 29.8 Å². The molecule has 116 valence electrons. The zero-order valence-corrected chi connectivity index (χ0v) is 11.9. The first-order chi connectivity index (χ1) is 9.92. The number of nitrogens with one attached hydrogen (secondary N) is 1. The van der Waals surface area contributed by atoms with Crippen LogP contribution in [0.25, 0.3) is 0 Å². The summed E-state index contributed by atoms with van der Waals surface area (Å²) >= 11 is 0. The van der Waals surface area contributed by atoms with Crippen molar-refractivity contribution in [1.29, 1.82) is 0 Å². The number of hydrogen-bond acceptors (Lipinski definition) is 2. The third-order valence-electron chi connectivity index (χ3n) is 3.54. The minimum absolute atomic E-state index is 0.0936. The Bertz CT molecular complexity index is 502. The van der Waals surface area contributed by atoms with Gasteiger partial charge in [0.2, 0.25) is 5.91 Å². The summed E-state index contributed by atoms with van der Waals surface area (Å²) in [6.45, 7) is 3.21. The van der Waals surface area contributed by atoms with Gasteiger partial charge in [0.15, 0.2) is 0 Å². The predicted molar refractivity (Wildman–Crippen MR) is 75.1 cm³/mol. The van der Waals surface area contributed by atoms with E-state index >= 15 is 0 Å².